The average Bonchev–Trinajstić information content (AvgIpc) is 2.94. The molecule has 0 spiro atoms. The fourth-order valence-corrected chi connectivity index (χ4v) is 6.84. The van der Waals surface area contributed by atoms with Crippen LogP contribution in [0.4, 0.5) is 0 Å². The first-order valence-corrected chi connectivity index (χ1v) is 18.4. The van der Waals surface area contributed by atoms with Crippen LogP contribution in [-0.4, -0.2) is 13.0 Å². The summed E-state index contributed by atoms with van der Waals surface area (Å²) in [4.78, 5) is 0.0337. The van der Waals surface area contributed by atoms with E-state index in [0.717, 1.165) is 24.6 Å². The van der Waals surface area contributed by atoms with Gasteiger partial charge in [0.15, 0.2) is 0 Å². The van der Waals surface area contributed by atoms with E-state index in [1.165, 1.54) is 152 Å². The molecule has 4 heteroatoms. The maximum absolute atomic E-state index is 12.0. The van der Waals surface area contributed by atoms with Gasteiger partial charge in [0, 0.05) is 5.39 Å². The molecule has 0 saturated carbocycles. The Bertz CT molecular complexity index is 1030. The van der Waals surface area contributed by atoms with Gasteiger partial charge in [-0.2, -0.15) is 8.42 Å². The molecular weight excluding hydrogens is 512 g/mol. The third-order valence-electron chi connectivity index (χ3n) is 8.59. The number of unbranched alkanes of at least 4 members (excludes halogenated alkanes) is 20. The predicted octanol–water partition coefficient (Wildman–Crippen LogP) is 11.8. The summed E-state index contributed by atoms with van der Waals surface area (Å²) in [7, 11) is -4.24. The van der Waals surface area contributed by atoms with Crippen molar-refractivity contribution < 1.29 is 13.0 Å². The van der Waals surface area contributed by atoms with Gasteiger partial charge in [0.05, 0.1) is 0 Å². The number of benzene rings is 2. The summed E-state index contributed by atoms with van der Waals surface area (Å²) >= 11 is 0. The Kier molecular flexibility index (Phi) is 18.6. The van der Waals surface area contributed by atoms with E-state index in [0.29, 0.717) is 5.39 Å². The van der Waals surface area contributed by atoms with Crippen LogP contribution in [0.3, 0.4) is 0 Å². The average molecular weight is 573 g/mol. The second kappa shape index (κ2) is 21.3. The van der Waals surface area contributed by atoms with Crippen molar-refractivity contribution in [2.75, 3.05) is 0 Å². The van der Waals surface area contributed by atoms with E-state index < -0.39 is 10.1 Å². The SMILES string of the molecule is CCCCCCCCCCCCCc1ccc2c(S(=O)(=O)O)cccc2c1CCCCCCCCCCCCC. The second-order valence-corrected chi connectivity index (χ2v) is 13.5. The highest BCUT2D eigenvalue weighted by molar-refractivity contribution is 7.86. The highest BCUT2D eigenvalue weighted by Crippen LogP contribution is 2.30. The van der Waals surface area contributed by atoms with E-state index in [2.05, 4.69) is 19.9 Å². The summed E-state index contributed by atoms with van der Waals surface area (Å²) in [5.41, 5.74) is 2.66. The normalized spacial score (nSPS) is 12.0. The fraction of sp³-hybridized carbons (Fsp3) is 0.722. The molecule has 0 heterocycles. The number of hydrogen-bond donors (Lipinski definition) is 1. The molecule has 3 nitrogen and oxygen atoms in total. The third kappa shape index (κ3) is 14.0. The maximum atomic E-state index is 12.0. The van der Waals surface area contributed by atoms with E-state index >= 15 is 0 Å². The molecule has 0 radical (unpaired) electrons. The summed E-state index contributed by atoms with van der Waals surface area (Å²) in [5, 5.41) is 1.66. The van der Waals surface area contributed by atoms with Crippen LogP contribution in [0.5, 0.6) is 0 Å². The highest BCUT2D eigenvalue weighted by Gasteiger charge is 2.16. The van der Waals surface area contributed by atoms with Gasteiger partial charge in [-0.25, -0.2) is 0 Å². The quantitative estimate of drug-likeness (QED) is 0.0950. The van der Waals surface area contributed by atoms with Gasteiger partial charge < -0.3 is 0 Å². The molecule has 0 atom stereocenters. The molecule has 0 aliphatic heterocycles. The Morgan fingerprint density at radius 2 is 0.925 bits per heavy atom. The minimum Gasteiger partial charge on any atom is -0.282 e. The second-order valence-electron chi connectivity index (χ2n) is 12.1. The van der Waals surface area contributed by atoms with Crippen molar-refractivity contribution in [2.45, 2.75) is 173 Å². The molecule has 0 saturated heterocycles. The molecule has 0 aliphatic carbocycles. The van der Waals surface area contributed by atoms with Crippen molar-refractivity contribution in [1.82, 2.24) is 0 Å². The molecule has 0 unspecified atom stereocenters. The van der Waals surface area contributed by atoms with E-state index in [4.69, 9.17) is 0 Å². The van der Waals surface area contributed by atoms with Crippen LogP contribution < -0.4 is 0 Å². The van der Waals surface area contributed by atoms with Gasteiger partial charge in [-0.15, -0.1) is 0 Å². The standard InChI is InChI=1S/C36H60O3S/c1-3-5-7-9-11-13-15-17-19-21-23-26-32-30-31-35-34(28-25-29-36(35)40(37,38)39)33(32)27-24-22-20-18-16-14-12-10-8-6-4-2/h25,28-31H,3-24,26-27H2,1-2H3,(H,37,38,39). The van der Waals surface area contributed by atoms with Crippen molar-refractivity contribution >= 4 is 20.9 Å². The molecule has 0 bridgehead atoms. The van der Waals surface area contributed by atoms with Crippen LogP contribution >= 0.6 is 0 Å². The van der Waals surface area contributed by atoms with Gasteiger partial charge >= 0.3 is 0 Å². The minimum absolute atomic E-state index is 0.0337. The molecule has 0 amide bonds. The number of hydrogen-bond acceptors (Lipinski definition) is 2. The van der Waals surface area contributed by atoms with Crippen LogP contribution in [0.2, 0.25) is 0 Å². The van der Waals surface area contributed by atoms with Gasteiger partial charge in [0.2, 0.25) is 0 Å². The topological polar surface area (TPSA) is 54.4 Å². The van der Waals surface area contributed by atoms with Gasteiger partial charge in [0.1, 0.15) is 4.90 Å². The van der Waals surface area contributed by atoms with Crippen LogP contribution in [-0.2, 0) is 23.0 Å². The first-order valence-electron chi connectivity index (χ1n) is 17.0. The number of fused-ring (bicyclic) bond motifs is 1. The molecule has 0 fully saturated rings. The lowest BCUT2D eigenvalue weighted by Crippen LogP contribution is -2.02. The summed E-state index contributed by atoms with van der Waals surface area (Å²) in [5.74, 6) is 0. The van der Waals surface area contributed by atoms with E-state index in [9.17, 15) is 13.0 Å². The van der Waals surface area contributed by atoms with Gasteiger partial charge in [-0.05, 0) is 48.3 Å². The van der Waals surface area contributed by atoms with Gasteiger partial charge in [-0.3, -0.25) is 4.55 Å². The van der Waals surface area contributed by atoms with Crippen molar-refractivity contribution in [1.29, 1.82) is 0 Å². The maximum Gasteiger partial charge on any atom is 0.295 e. The monoisotopic (exact) mass is 572 g/mol. The van der Waals surface area contributed by atoms with Crippen LogP contribution in [0, 0.1) is 0 Å². The molecule has 0 aromatic heterocycles. The number of rotatable bonds is 25. The predicted molar refractivity (Wildman–Crippen MR) is 174 cm³/mol. The van der Waals surface area contributed by atoms with Crippen molar-refractivity contribution in [3.05, 3.63) is 41.5 Å². The lowest BCUT2D eigenvalue weighted by molar-refractivity contribution is 0.484. The molecule has 2 aromatic carbocycles. The van der Waals surface area contributed by atoms with E-state index in [1.54, 1.807) is 6.07 Å². The van der Waals surface area contributed by atoms with E-state index in [-0.39, 0.29) is 4.90 Å². The lowest BCUT2D eigenvalue weighted by Gasteiger charge is -2.15. The lowest BCUT2D eigenvalue weighted by atomic mass is 9.91. The van der Waals surface area contributed by atoms with Crippen LogP contribution in [0.1, 0.15) is 166 Å². The third-order valence-corrected chi connectivity index (χ3v) is 9.50. The van der Waals surface area contributed by atoms with Crippen LogP contribution in [0.15, 0.2) is 35.2 Å². The Labute approximate surface area is 247 Å². The molecule has 228 valence electrons. The Morgan fingerprint density at radius 1 is 0.500 bits per heavy atom. The molecule has 2 aromatic rings. The minimum atomic E-state index is -4.24. The summed E-state index contributed by atoms with van der Waals surface area (Å²) in [6.45, 7) is 4.55. The smallest absolute Gasteiger partial charge is 0.282 e. The zero-order chi connectivity index (χ0) is 28.9. The molecule has 40 heavy (non-hydrogen) atoms. The summed E-state index contributed by atoms with van der Waals surface area (Å²) in [6, 6.07) is 9.38. The molecular formula is C36H60O3S. The number of aryl methyl sites for hydroxylation is 2. The largest absolute Gasteiger partial charge is 0.295 e. The molecule has 1 N–H and O–H groups in total. The van der Waals surface area contributed by atoms with Crippen molar-refractivity contribution in [3.8, 4) is 0 Å². The van der Waals surface area contributed by atoms with Gasteiger partial charge in [0.25, 0.3) is 10.1 Å². The Morgan fingerprint density at radius 3 is 1.38 bits per heavy atom. The first kappa shape index (κ1) is 34.8. The summed E-state index contributed by atoms with van der Waals surface area (Å²) < 4.78 is 33.9. The molecule has 2 rings (SSSR count). The summed E-state index contributed by atoms with van der Waals surface area (Å²) in [6.07, 6.45) is 31.3. The first-order chi connectivity index (χ1) is 19.5. The van der Waals surface area contributed by atoms with Crippen LogP contribution in [0.25, 0.3) is 10.8 Å². The van der Waals surface area contributed by atoms with Crippen molar-refractivity contribution in [3.63, 3.8) is 0 Å². The highest BCUT2D eigenvalue weighted by atomic mass is 32.2. The molecule has 0 aliphatic rings. The zero-order valence-electron chi connectivity index (χ0n) is 26.0. The Hall–Kier alpha value is -1.39. The van der Waals surface area contributed by atoms with Crippen molar-refractivity contribution in [2.24, 2.45) is 0 Å². The fourth-order valence-electron chi connectivity index (χ4n) is 6.14. The van der Waals surface area contributed by atoms with Gasteiger partial charge in [-0.1, -0.05) is 167 Å². The van der Waals surface area contributed by atoms with E-state index in [1.807, 2.05) is 12.1 Å². The zero-order valence-corrected chi connectivity index (χ0v) is 26.8. The Balaban J connectivity index is 1.85.